The van der Waals surface area contributed by atoms with Gasteiger partial charge in [0.25, 0.3) is 0 Å². The number of hydrogen-bond donors (Lipinski definition) is 1. The number of nitriles is 1. The number of methoxy groups -OCH3 is 1. The van der Waals surface area contributed by atoms with Crippen LogP contribution in [-0.4, -0.2) is 17.6 Å². The largest absolute Gasteiger partial charge is 0.464 e. The molecule has 5 nitrogen and oxygen atoms in total. The Kier molecular flexibility index (Phi) is 3.77. The van der Waals surface area contributed by atoms with Gasteiger partial charge in [0.15, 0.2) is 5.69 Å². The summed E-state index contributed by atoms with van der Waals surface area (Å²) in [5.74, 6) is -1.32. The Bertz CT molecular complexity index is 714. The number of carbonyl (C=O) groups is 1. The van der Waals surface area contributed by atoms with Gasteiger partial charge in [-0.3, -0.25) is 0 Å². The summed E-state index contributed by atoms with van der Waals surface area (Å²) in [5, 5.41) is 9.00. The van der Waals surface area contributed by atoms with Crippen molar-refractivity contribution in [3.8, 4) is 11.8 Å². The molecule has 0 radical (unpaired) electrons. The molecule has 0 saturated carbocycles. The van der Waals surface area contributed by atoms with Crippen molar-refractivity contribution >= 4 is 27.6 Å². The van der Waals surface area contributed by atoms with Gasteiger partial charge in [-0.05, 0) is 28.1 Å². The van der Waals surface area contributed by atoms with Crippen LogP contribution in [0.4, 0.5) is 10.1 Å². The SMILES string of the molecule is COC(=O)c1c(N)c(C#N)cn1-c1c(F)cccc1Br. The number of hydrogen-bond acceptors (Lipinski definition) is 4. The molecule has 0 aliphatic carbocycles. The highest BCUT2D eigenvalue weighted by atomic mass is 79.9. The topological polar surface area (TPSA) is 81.0 Å². The quantitative estimate of drug-likeness (QED) is 0.854. The Morgan fingerprint density at radius 3 is 2.80 bits per heavy atom. The Morgan fingerprint density at radius 1 is 1.55 bits per heavy atom. The first-order valence-corrected chi connectivity index (χ1v) is 6.24. The maximum Gasteiger partial charge on any atom is 0.357 e. The van der Waals surface area contributed by atoms with E-state index in [1.807, 2.05) is 6.07 Å². The van der Waals surface area contributed by atoms with E-state index in [0.29, 0.717) is 4.47 Å². The normalized spacial score (nSPS) is 10.1. The molecule has 0 bridgehead atoms. The molecule has 2 N–H and O–H groups in total. The summed E-state index contributed by atoms with van der Waals surface area (Å²) < 4.78 is 20.3. The van der Waals surface area contributed by atoms with E-state index in [4.69, 9.17) is 11.0 Å². The highest BCUT2D eigenvalue weighted by molar-refractivity contribution is 9.10. The van der Waals surface area contributed by atoms with Gasteiger partial charge in [-0.25, -0.2) is 9.18 Å². The molecule has 0 fully saturated rings. The molecule has 0 aliphatic rings. The fourth-order valence-electron chi connectivity index (χ4n) is 1.81. The fraction of sp³-hybridized carbons (Fsp3) is 0.0769. The summed E-state index contributed by atoms with van der Waals surface area (Å²) in [4.78, 5) is 11.8. The van der Waals surface area contributed by atoms with Crippen molar-refractivity contribution in [2.75, 3.05) is 12.8 Å². The molecule has 1 heterocycles. The number of ether oxygens (including phenoxy) is 1. The third-order valence-corrected chi connectivity index (χ3v) is 3.36. The highest BCUT2D eigenvalue weighted by Crippen LogP contribution is 2.30. The summed E-state index contributed by atoms with van der Waals surface area (Å²) >= 11 is 3.21. The lowest BCUT2D eigenvalue weighted by Crippen LogP contribution is -2.12. The molecule has 7 heteroatoms. The molecule has 0 spiro atoms. The number of anilines is 1. The Morgan fingerprint density at radius 2 is 2.25 bits per heavy atom. The summed E-state index contributed by atoms with van der Waals surface area (Å²) in [6.45, 7) is 0. The van der Waals surface area contributed by atoms with Gasteiger partial charge in [0.2, 0.25) is 0 Å². The standard InChI is InChI=1S/C13H9BrFN3O2/c1-20-13(19)12-10(17)7(5-16)6-18(12)11-8(14)3-2-4-9(11)15/h2-4,6H,17H2,1H3. The van der Waals surface area contributed by atoms with Gasteiger partial charge in [0.05, 0.1) is 24.0 Å². The Balaban J connectivity index is 2.81. The molecule has 102 valence electrons. The summed E-state index contributed by atoms with van der Waals surface area (Å²) in [6.07, 6.45) is 1.30. The number of halogens is 2. The highest BCUT2D eigenvalue weighted by Gasteiger charge is 2.24. The summed E-state index contributed by atoms with van der Waals surface area (Å²) in [7, 11) is 1.18. The molecule has 0 atom stereocenters. The van der Waals surface area contributed by atoms with Crippen molar-refractivity contribution in [3.63, 3.8) is 0 Å². The maximum absolute atomic E-state index is 14.0. The average molecular weight is 338 g/mol. The number of aromatic nitrogens is 1. The van der Waals surface area contributed by atoms with Crippen LogP contribution in [0.2, 0.25) is 0 Å². The van der Waals surface area contributed by atoms with E-state index >= 15 is 0 Å². The van der Waals surface area contributed by atoms with E-state index in [2.05, 4.69) is 20.7 Å². The molecule has 1 aromatic heterocycles. The molecule has 20 heavy (non-hydrogen) atoms. The van der Waals surface area contributed by atoms with Crippen molar-refractivity contribution in [1.29, 1.82) is 5.26 Å². The van der Waals surface area contributed by atoms with E-state index < -0.39 is 11.8 Å². The molecule has 0 saturated heterocycles. The Labute approximate surface area is 122 Å². The first-order chi connectivity index (χ1) is 9.51. The molecular weight excluding hydrogens is 329 g/mol. The molecule has 1 aromatic carbocycles. The molecule has 0 amide bonds. The molecule has 0 unspecified atom stereocenters. The van der Waals surface area contributed by atoms with Gasteiger partial charge in [-0.15, -0.1) is 0 Å². The van der Waals surface area contributed by atoms with E-state index in [-0.39, 0.29) is 22.6 Å². The van der Waals surface area contributed by atoms with Crippen LogP contribution in [0.15, 0.2) is 28.9 Å². The number of benzene rings is 1. The van der Waals surface area contributed by atoms with Crippen LogP contribution >= 0.6 is 15.9 Å². The smallest absolute Gasteiger partial charge is 0.357 e. The van der Waals surface area contributed by atoms with Crippen LogP contribution in [0.5, 0.6) is 0 Å². The van der Waals surface area contributed by atoms with E-state index in [9.17, 15) is 9.18 Å². The first-order valence-electron chi connectivity index (χ1n) is 5.44. The second-order valence-electron chi connectivity index (χ2n) is 3.85. The number of nitrogen functional groups attached to an aromatic ring is 1. The third-order valence-electron chi connectivity index (χ3n) is 2.72. The maximum atomic E-state index is 14.0. The van der Waals surface area contributed by atoms with Crippen LogP contribution in [-0.2, 0) is 4.74 Å². The zero-order valence-electron chi connectivity index (χ0n) is 10.4. The van der Waals surface area contributed by atoms with Crippen molar-refractivity contribution < 1.29 is 13.9 Å². The molecule has 2 rings (SSSR count). The zero-order chi connectivity index (χ0) is 14.9. The van der Waals surface area contributed by atoms with E-state index in [0.717, 1.165) is 0 Å². The third kappa shape index (κ3) is 2.14. The monoisotopic (exact) mass is 337 g/mol. The molecule has 0 aliphatic heterocycles. The lowest BCUT2D eigenvalue weighted by Gasteiger charge is -2.11. The van der Waals surface area contributed by atoms with Gasteiger partial charge >= 0.3 is 5.97 Å². The van der Waals surface area contributed by atoms with Gasteiger partial charge in [0, 0.05) is 10.7 Å². The molecule has 2 aromatic rings. The molecular formula is C13H9BrFN3O2. The van der Waals surface area contributed by atoms with Crippen LogP contribution in [0, 0.1) is 17.1 Å². The van der Waals surface area contributed by atoms with Gasteiger partial charge in [-0.2, -0.15) is 5.26 Å². The van der Waals surface area contributed by atoms with Crippen LogP contribution in [0.3, 0.4) is 0 Å². The predicted molar refractivity (Wildman–Crippen MR) is 73.9 cm³/mol. The van der Waals surface area contributed by atoms with Crippen LogP contribution in [0.1, 0.15) is 16.1 Å². The summed E-state index contributed by atoms with van der Waals surface area (Å²) in [6, 6.07) is 6.22. The number of esters is 1. The minimum atomic E-state index is -0.751. The van der Waals surface area contributed by atoms with Crippen molar-refractivity contribution in [1.82, 2.24) is 4.57 Å². The van der Waals surface area contributed by atoms with Crippen LogP contribution < -0.4 is 5.73 Å². The second-order valence-corrected chi connectivity index (χ2v) is 4.70. The lowest BCUT2D eigenvalue weighted by atomic mass is 10.2. The van der Waals surface area contributed by atoms with Crippen molar-refractivity contribution in [2.24, 2.45) is 0 Å². The number of rotatable bonds is 2. The van der Waals surface area contributed by atoms with Crippen molar-refractivity contribution in [3.05, 3.63) is 45.9 Å². The van der Waals surface area contributed by atoms with Gasteiger partial charge in [-0.1, -0.05) is 6.07 Å². The number of carbonyl (C=O) groups excluding carboxylic acids is 1. The van der Waals surface area contributed by atoms with Crippen LogP contribution in [0.25, 0.3) is 5.69 Å². The van der Waals surface area contributed by atoms with Gasteiger partial charge < -0.3 is 15.0 Å². The predicted octanol–water partition coefficient (Wildman–Crippen LogP) is 2.62. The van der Waals surface area contributed by atoms with Gasteiger partial charge in [0.1, 0.15) is 11.9 Å². The number of nitrogens with zero attached hydrogens (tertiary/aromatic N) is 2. The minimum absolute atomic E-state index is 0.0468. The zero-order valence-corrected chi connectivity index (χ0v) is 11.9. The average Bonchev–Trinajstić information content (AvgIpc) is 2.74. The summed E-state index contributed by atoms with van der Waals surface area (Å²) in [5.41, 5.74) is 5.77. The first kappa shape index (κ1) is 14.1. The number of nitrogens with two attached hydrogens (primary N) is 1. The Hall–Kier alpha value is -2.33. The fourth-order valence-corrected chi connectivity index (χ4v) is 2.34. The van der Waals surface area contributed by atoms with E-state index in [1.165, 1.54) is 30.0 Å². The second kappa shape index (κ2) is 5.35. The van der Waals surface area contributed by atoms with E-state index in [1.54, 1.807) is 6.07 Å². The minimum Gasteiger partial charge on any atom is -0.464 e. The number of para-hydroxylation sites is 1. The lowest BCUT2D eigenvalue weighted by molar-refractivity contribution is 0.0593. The van der Waals surface area contributed by atoms with Crippen molar-refractivity contribution in [2.45, 2.75) is 0 Å².